The predicted octanol–water partition coefficient (Wildman–Crippen LogP) is 2.93. The monoisotopic (exact) mass is 326 g/mol. The molecule has 22 heavy (non-hydrogen) atoms. The quantitative estimate of drug-likeness (QED) is 0.845. The van der Waals surface area contributed by atoms with Crippen LogP contribution in [0.5, 0.6) is 5.75 Å². The highest BCUT2D eigenvalue weighted by molar-refractivity contribution is 5.85. The molecule has 1 aromatic carbocycles. The van der Waals surface area contributed by atoms with E-state index < -0.39 is 0 Å². The number of hydrogen-bond acceptors (Lipinski definition) is 3. The number of carbonyl (C=O) groups is 1. The summed E-state index contributed by atoms with van der Waals surface area (Å²) in [4.78, 5) is 12.1. The number of carbonyl (C=O) groups excluding carboxylic acids is 1. The normalized spacial score (nSPS) is 18.6. The second-order valence-electron chi connectivity index (χ2n) is 6.19. The third-order valence-electron chi connectivity index (χ3n) is 3.75. The van der Waals surface area contributed by atoms with Crippen LogP contribution in [0.3, 0.4) is 0 Å². The number of halogens is 1. The van der Waals surface area contributed by atoms with Crippen molar-refractivity contribution in [1.82, 2.24) is 10.6 Å². The highest BCUT2D eigenvalue weighted by atomic mass is 35.5. The molecule has 0 bridgehead atoms. The van der Waals surface area contributed by atoms with Crippen molar-refractivity contribution in [3.05, 3.63) is 29.8 Å². The van der Waals surface area contributed by atoms with Crippen LogP contribution in [-0.4, -0.2) is 25.6 Å². The fraction of sp³-hybridized carbons (Fsp3) is 0.588. The van der Waals surface area contributed by atoms with Gasteiger partial charge in [0.1, 0.15) is 5.75 Å². The van der Waals surface area contributed by atoms with Crippen LogP contribution in [0, 0.1) is 11.8 Å². The van der Waals surface area contributed by atoms with Crippen LogP contribution in [0.4, 0.5) is 0 Å². The molecule has 1 amide bonds. The van der Waals surface area contributed by atoms with Gasteiger partial charge in [-0.3, -0.25) is 4.79 Å². The third kappa shape index (κ3) is 5.50. The van der Waals surface area contributed by atoms with E-state index in [0.717, 1.165) is 37.4 Å². The lowest BCUT2D eigenvalue weighted by Gasteiger charge is -2.17. The molecule has 1 saturated heterocycles. The van der Waals surface area contributed by atoms with E-state index in [4.69, 9.17) is 4.74 Å². The lowest BCUT2D eigenvalue weighted by Crippen LogP contribution is -2.33. The van der Waals surface area contributed by atoms with Gasteiger partial charge in [0.25, 0.3) is 0 Å². The Hall–Kier alpha value is -1.26. The number of hydrogen-bond donors (Lipinski definition) is 2. The largest absolute Gasteiger partial charge is 0.493 e. The van der Waals surface area contributed by atoms with Crippen molar-refractivity contribution in [3.8, 4) is 5.75 Å². The van der Waals surface area contributed by atoms with Crippen molar-refractivity contribution in [2.45, 2.75) is 33.2 Å². The average Bonchev–Trinajstić information content (AvgIpc) is 3.00. The maximum Gasteiger partial charge on any atom is 0.224 e. The summed E-state index contributed by atoms with van der Waals surface area (Å²) in [7, 11) is 0. The van der Waals surface area contributed by atoms with E-state index >= 15 is 0 Å². The van der Waals surface area contributed by atoms with Crippen molar-refractivity contribution >= 4 is 18.3 Å². The van der Waals surface area contributed by atoms with Crippen molar-refractivity contribution in [3.63, 3.8) is 0 Å². The highest BCUT2D eigenvalue weighted by Gasteiger charge is 2.23. The van der Waals surface area contributed by atoms with Gasteiger partial charge in [-0.2, -0.15) is 0 Å². The molecule has 2 atom stereocenters. The Morgan fingerprint density at radius 3 is 2.55 bits per heavy atom. The molecule has 2 N–H and O–H groups in total. The Morgan fingerprint density at radius 2 is 2.00 bits per heavy atom. The summed E-state index contributed by atoms with van der Waals surface area (Å²) in [5, 5.41) is 6.31. The predicted molar refractivity (Wildman–Crippen MR) is 91.6 cm³/mol. The molecule has 1 aromatic rings. The highest BCUT2D eigenvalue weighted by Crippen LogP contribution is 2.19. The fourth-order valence-electron chi connectivity index (χ4n) is 2.41. The minimum Gasteiger partial charge on any atom is -0.493 e. The van der Waals surface area contributed by atoms with Crippen LogP contribution in [0.2, 0.25) is 0 Å². The summed E-state index contributed by atoms with van der Waals surface area (Å²) in [5.74, 6) is 1.66. The molecule has 2 unspecified atom stereocenters. The minimum absolute atomic E-state index is 0. The molecule has 2 rings (SSSR count). The van der Waals surface area contributed by atoms with Crippen molar-refractivity contribution in [1.29, 1.82) is 0 Å². The Labute approximate surface area is 139 Å². The third-order valence-corrected chi connectivity index (χ3v) is 3.75. The summed E-state index contributed by atoms with van der Waals surface area (Å²) < 4.78 is 5.67. The van der Waals surface area contributed by atoms with Crippen molar-refractivity contribution in [2.24, 2.45) is 11.8 Å². The zero-order chi connectivity index (χ0) is 15.2. The average molecular weight is 327 g/mol. The van der Waals surface area contributed by atoms with Crippen LogP contribution >= 0.6 is 12.4 Å². The molecule has 1 aliphatic heterocycles. The fourth-order valence-corrected chi connectivity index (χ4v) is 2.41. The van der Waals surface area contributed by atoms with Gasteiger partial charge >= 0.3 is 0 Å². The Morgan fingerprint density at radius 1 is 1.32 bits per heavy atom. The SMILES string of the molecule is CC(C)COc1ccc(C(C)NC(=O)C2CCNC2)cc1.Cl. The molecule has 0 aliphatic carbocycles. The van der Waals surface area contributed by atoms with Gasteiger partial charge in [-0.05, 0) is 43.5 Å². The van der Waals surface area contributed by atoms with E-state index in [1.165, 1.54) is 0 Å². The molecule has 1 heterocycles. The van der Waals surface area contributed by atoms with Gasteiger partial charge in [-0.25, -0.2) is 0 Å². The zero-order valence-electron chi connectivity index (χ0n) is 13.6. The summed E-state index contributed by atoms with van der Waals surface area (Å²) in [5.41, 5.74) is 1.10. The summed E-state index contributed by atoms with van der Waals surface area (Å²) in [6, 6.07) is 8.01. The van der Waals surface area contributed by atoms with Crippen LogP contribution in [0.15, 0.2) is 24.3 Å². The van der Waals surface area contributed by atoms with Gasteiger partial charge in [0.05, 0.1) is 18.6 Å². The number of nitrogens with one attached hydrogen (secondary N) is 2. The molecule has 0 saturated carbocycles. The Balaban J connectivity index is 0.00000242. The van der Waals surface area contributed by atoms with Gasteiger partial charge in [0, 0.05) is 6.54 Å². The number of amides is 1. The van der Waals surface area contributed by atoms with E-state index in [2.05, 4.69) is 24.5 Å². The van der Waals surface area contributed by atoms with Gasteiger partial charge in [-0.1, -0.05) is 26.0 Å². The summed E-state index contributed by atoms with van der Waals surface area (Å²) >= 11 is 0. The molecule has 0 radical (unpaired) electrons. The topological polar surface area (TPSA) is 50.4 Å². The van der Waals surface area contributed by atoms with Crippen molar-refractivity contribution < 1.29 is 9.53 Å². The van der Waals surface area contributed by atoms with E-state index in [1.54, 1.807) is 0 Å². The van der Waals surface area contributed by atoms with E-state index in [9.17, 15) is 4.79 Å². The molecular formula is C17H27ClN2O2. The summed E-state index contributed by atoms with van der Waals surface area (Å²) in [6.45, 7) is 8.73. The van der Waals surface area contributed by atoms with E-state index in [1.807, 2.05) is 31.2 Å². The van der Waals surface area contributed by atoms with Gasteiger partial charge in [0.15, 0.2) is 0 Å². The minimum atomic E-state index is 0. The maximum absolute atomic E-state index is 12.1. The maximum atomic E-state index is 12.1. The molecule has 0 spiro atoms. The first-order valence-corrected chi connectivity index (χ1v) is 7.80. The van der Waals surface area contributed by atoms with E-state index in [0.29, 0.717) is 5.92 Å². The van der Waals surface area contributed by atoms with E-state index in [-0.39, 0.29) is 30.3 Å². The van der Waals surface area contributed by atoms with Crippen LogP contribution in [-0.2, 0) is 4.79 Å². The lowest BCUT2D eigenvalue weighted by atomic mass is 10.1. The zero-order valence-corrected chi connectivity index (χ0v) is 14.4. The first kappa shape index (κ1) is 18.8. The first-order valence-electron chi connectivity index (χ1n) is 7.80. The number of ether oxygens (including phenoxy) is 1. The molecule has 5 heteroatoms. The second kappa shape index (κ2) is 9.01. The van der Waals surface area contributed by atoms with Gasteiger partial charge in [-0.15, -0.1) is 12.4 Å². The van der Waals surface area contributed by atoms with Crippen LogP contribution in [0.25, 0.3) is 0 Å². The summed E-state index contributed by atoms with van der Waals surface area (Å²) in [6.07, 6.45) is 0.931. The molecule has 124 valence electrons. The van der Waals surface area contributed by atoms with Crippen molar-refractivity contribution in [2.75, 3.05) is 19.7 Å². The second-order valence-corrected chi connectivity index (χ2v) is 6.19. The molecule has 4 nitrogen and oxygen atoms in total. The Kier molecular flexibility index (Phi) is 7.69. The molecular weight excluding hydrogens is 300 g/mol. The van der Waals surface area contributed by atoms with Gasteiger partial charge < -0.3 is 15.4 Å². The van der Waals surface area contributed by atoms with Crippen LogP contribution in [0.1, 0.15) is 38.8 Å². The first-order chi connectivity index (χ1) is 10.1. The molecule has 1 aliphatic rings. The molecule has 0 aromatic heterocycles. The van der Waals surface area contributed by atoms with Crippen LogP contribution < -0.4 is 15.4 Å². The standard InChI is InChI=1S/C17H26N2O2.ClH/c1-12(2)11-21-16-6-4-14(5-7-16)13(3)19-17(20)15-8-9-18-10-15;/h4-7,12-13,15,18H,8-11H2,1-3H3,(H,19,20);1H. The van der Waals surface area contributed by atoms with Gasteiger partial charge in [0.2, 0.25) is 5.91 Å². The Bertz CT molecular complexity index is 456. The molecule has 1 fully saturated rings. The number of benzene rings is 1. The number of rotatable bonds is 6. The lowest BCUT2D eigenvalue weighted by molar-refractivity contribution is -0.125. The smallest absolute Gasteiger partial charge is 0.224 e.